The fourth-order valence-corrected chi connectivity index (χ4v) is 4.35. The molecule has 190 valence electrons. The van der Waals surface area contributed by atoms with Crippen LogP contribution in [0.1, 0.15) is 59.0 Å². The standard InChI is InChI=1S/C31H31NO5/c1-21-27(9-6-10-28(33)24-7-4-3-5-8-24)31(37-32-21)26-17-13-23(14-18-26)22-11-15-25(16-12-22)29(34)19-20-30(35)36-2/h3-5,7-8,11-18,28,33H,6,9-10,19-20H2,1-2H3. The van der Waals surface area contributed by atoms with Crippen molar-refractivity contribution in [1.82, 2.24) is 5.16 Å². The molecule has 3 aromatic carbocycles. The predicted molar refractivity (Wildman–Crippen MR) is 142 cm³/mol. The molecule has 0 fully saturated rings. The number of ether oxygens (including phenoxy) is 1. The van der Waals surface area contributed by atoms with Gasteiger partial charge in [0.05, 0.1) is 25.3 Å². The highest BCUT2D eigenvalue weighted by Crippen LogP contribution is 2.31. The Labute approximate surface area is 216 Å². The molecule has 0 bridgehead atoms. The van der Waals surface area contributed by atoms with Crippen molar-refractivity contribution in [2.24, 2.45) is 0 Å². The number of aryl methyl sites for hydroxylation is 1. The Balaban J connectivity index is 1.40. The molecule has 1 atom stereocenters. The van der Waals surface area contributed by atoms with Gasteiger partial charge in [0.2, 0.25) is 0 Å². The zero-order chi connectivity index (χ0) is 26.2. The Morgan fingerprint density at radius 1 is 0.892 bits per heavy atom. The minimum Gasteiger partial charge on any atom is -0.469 e. The molecule has 0 aliphatic carbocycles. The third kappa shape index (κ3) is 6.60. The number of nitrogens with zero attached hydrogens (tertiary/aromatic N) is 1. The first-order chi connectivity index (χ1) is 18.0. The van der Waals surface area contributed by atoms with Gasteiger partial charge in [0, 0.05) is 23.1 Å². The number of aromatic nitrogens is 1. The molecule has 1 heterocycles. The lowest BCUT2D eigenvalue weighted by atomic mass is 9.97. The van der Waals surface area contributed by atoms with E-state index in [2.05, 4.69) is 9.89 Å². The van der Waals surface area contributed by atoms with Gasteiger partial charge in [-0.25, -0.2) is 0 Å². The van der Waals surface area contributed by atoms with Crippen molar-refractivity contribution >= 4 is 11.8 Å². The molecule has 0 aliphatic heterocycles. The van der Waals surface area contributed by atoms with Crippen LogP contribution in [-0.4, -0.2) is 29.1 Å². The molecular formula is C31H31NO5. The first-order valence-corrected chi connectivity index (χ1v) is 12.5. The molecule has 0 saturated heterocycles. The third-order valence-electron chi connectivity index (χ3n) is 6.54. The average Bonchev–Trinajstić information content (AvgIpc) is 3.32. The van der Waals surface area contributed by atoms with Crippen molar-refractivity contribution in [3.05, 3.63) is 101 Å². The minimum atomic E-state index is -0.487. The van der Waals surface area contributed by atoms with Gasteiger partial charge in [-0.15, -0.1) is 0 Å². The van der Waals surface area contributed by atoms with E-state index in [9.17, 15) is 14.7 Å². The van der Waals surface area contributed by atoms with Crippen LogP contribution >= 0.6 is 0 Å². The SMILES string of the molecule is COC(=O)CCC(=O)c1ccc(-c2ccc(-c3onc(C)c3CCCC(O)c3ccccc3)cc2)cc1. The van der Waals surface area contributed by atoms with Crippen molar-refractivity contribution in [1.29, 1.82) is 0 Å². The van der Waals surface area contributed by atoms with E-state index in [-0.39, 0.29) is 24.6 Å². The van der Waals surface area contributed by atoms with E-state index in [1.54, 1.807) is 12.1 Å². The van der Waals surface area contributed by atoms with Crippen molar-refractivity contribution in [2.45, 2.75) is 45.1 Å². The number of aliphatic hydroxyl groups excluding tert-OH is 1. The summed E-state index contributed by atoms with van der Waals surface area (Å²) in [6, 6.07) is 25.1. The zero-order valence-electron chi connectivity index (χ0n) is 21.1. The Hall–Kier alpha value is -4.03. The summed E-state index contributed by atoms with van der Waals surface area (Å²) in [5, 5.41) is 14.7. The zero-order valence-corrected chi connectivity index (χ0v) is 21.1. The lowest BCUT2D eigenvalue weighted by Gasteiger charge is -2.11. The lowest BCUT2D eigenvalue weighted by molar-refractivity contribution is -0.140. The summed E-state index contributed by atoms with van der Waals surface area (Å²) in [7, 11) is 1.32. The van der Waals surface area contributed by atoms with Crippen molar-refractivity contribution in [3.63, 3.8) is 0 Å². The molecule has 0 amide bonds. The second-order valence-corrected chi connectivity index (χ2v) is 9.05. The number of Topliss-reactive ketones (excluding diaryl/α,β-unsaturated/α-hetero) is 1. The van der Waals surface area contributed by atoms with E-state index in [1.165, 1.54) is 7.11 Å². The van der Waals surface area contributed by atoms with Gasteiger partial charge in [-0.1, -0.05) is 84.0 Å². The van der Waals surface area contributed by atoms with Crippen LogP contribution in [0.15, 0.2) is 83.4 Å². The molecule has 6 heteroatoms. The largest absolute Gasteiger partial charge is 0.469 e. The second kappa shape index (κ2) is 12.3. The number of aliphatic hydroxyl groups is 1. The first-order valence-electron chi connectivity index (χ1n) is 12.5. The van der Waals surface area contributed by atoms with E-state index >= 15 is 0 Å². The molecule has 1 N–H and O–H groups in total. The van der Waals surface area contributed by atoms with Crippen LogP contribution in [0.2, 0.25) is 0 Å². The molecule has 37 heavy (non-hydrogen) atoms. The molecule has 0 spiro atoms. The Morgan fingerprint density at radius 2 is 1.51 bits per heavy atom. The highest BCUT2D eigenvalue weighted by Gasteiger charge is 2.16. The molecule has 6 nitrogen and oxygen atoms in total. The van der Waals surface area contributed by atoms with Gasteiger partial charge in [-0.05, 0) is 42.9 Å². The molecule has 1 aromatic heterocycles. The quantitative estimate of drug-likeness (QED) is 0.188. The summed E-state index contributed by atoms with van der Waals surface area (Å²) >= 11 is 0. The maximum Gasteiger partial charge on any atom is 0.305 e. The van der Waals surface area contributed by atoms with Crippen molar-refractivity contribution in [3.8, 4) is 22.5 Å². The van der Waals surface area contributed by atoms with Crippen LogP contribution in [0.4, 0.5) is 0 Å². The topological polar surface area (TPSA) is 89.6 Å². The highest BCUT2D eigenvalue weighted by molar-refractivity contribution is 5.97. The Morgan fingerprint density at radius 3 is 2.16 bits per heavy atom. The average molecular weight is 498 g/mol. The molecule has 4 aromatic rings. The number of methoxy groups -OCH3 is 1. The second-order valence-electron chi connectivity index (χ2n) is 9.05. The number of benzene rings is 3. The number of hydrogen-bond donors (Lipinski definition) is 1. The van der Waals surface area contributed by atoms with E-state index < -0.39 is 6.10 Å². The van der Waals surface area contributed by atoms with Gasteiger partial charge in [0.1, 0.15) is 0 Å². The Kier molecular flexibility index (Phi) is 8.64. The first kappa shape index (κ1) is 26.0. The van der Waals surface area contributed by atoms with E-state index in [0.717, 1.165) is 52.1 Å². The molecule has 0 radical (unpaired) electrons. The number of esters is 1. The van der Waals surface area contributed by atoms with Gasteiger partial charge in [0.15, 0.2) is 11.5 Å². The molecule has 0 aliphatic rings. The smallest absolute Gasteiger partial charge is 0.305 e. The van der Waals surface area contributed by atoms with Crippen LogP contribution < -0.4 is 0 Å². The number of hydrogen-bond acceptors (Lipinski definition) is 6. The monoisotopic (exact) mass is 497 g/mol. The summed E-state index contributed by atoms with van der Waals surface area (Å²) in [6.45, 7) is 1.94. The maximum absolute atomic E-state index is 12.3. The van der Waals surface area contributed by atoms with Crippen LogP contribution in [0.25, 0.3) is 22.5 Å². The molecule has 4 rings (SSSR count). The van der Waals surface area contributed by atoms with E-state index in [4.69, 9.17) is 4.52 Å². The van der Waals surface area contributed by atoms with Crippen molar-refractivity contribution < 1.29 is 24.0 Å². The normalized spacial score (nSPS) is 11.8. The fraction of sp³-hybridized carbons (Fsp3) is 0.258. The van der Waals surface area contributed by atoms with Crippen LogP contribution in [0, 0.1) is 6.92 Å². The lowest BCUT2D eigenvalue weighted by Crippen LogP contribution is -2.05. The number of ketones is 1. The van der Waals surface area contributed by atoms with E-state index in [0.29, 0.717) is 12.0 Å². The van der Waals surface area contributed by atoms with Gasteiger partial charge in [-0.3, -0.25) is 9.59 Å². The number of carbonyl (C=O) groups is 2. The predicted octanol–water partition coefficient (Wildman–Crippen LogP) is 6.51. The van der Waals surface area contributed by atoms with Gasteiger partial charge in [0.25, 0.3) is 0 Å². The summed E-state index contributed by atoms with van der Waals surface area (Å²) in [5.74, 6) is 0.279. The molecular weight excluding hydrogens is 466 g/mol. The molecule has 1 unspecified atom stereocenters. The summed E-state index contributed by atoms with van der Waals surface area (Å²) in [6.07, 6.45) is 1.96. The fourth-order valence-electron chi connectivity index (χ4n) is 4.35. The van der Waals surface area contributed by atoms with Gasteiger partial charge < -0.3 is 14.4 Å². The van der Waals surface area contributed by atoms with Crippen LogP contribution in [0.3, 0.4) is 0 Å². The Bertz CT molecular complexity index is 1320. The highest BCUT2D eigenvalue weighted by atomic mass is 16.5. The summed E-state index contributed by atoms with van der Waals surface area (Å²) < 4.78 is 10.3. The summed E-state index contributed by atoms with van der Waals surface area (Å²) in [4.78, 5) is 23.6. The number of rotatable bonds is 11. The van der Waals surface area contributed by atoms with Crippen molar-refractivity contribution in [2.75, 3.05) is 7.11 Å². The van der Waals surface area contributed by atoms with Crippen LogP contribution in [0.5, 0.6) is 0 Å². The molecule has 0 saturated carbocycles. The minimum absolute atomic E-state index is 0.0786. The van der Waals surface area contributed by atoms with Gasteiger partial charge in [-0.2, -0.15) is 0 Å². The van der Waals surface area contributed by atoms with Gasteiger partial charge >= 0.3 is 5.97 Å². The number of carbonyl (C=O) groups excluding carboxylic acids is 2. The van der Waals surface area contributed by atoms with E-state index in [1.807, 2.05) is 73.7 Å². The van der Waals surface area contributed by atoms with Crippen LogP contribution in [-0.2, 0) is 16.0 Å². The maximum atomic E-state index is 12.3. The summed E-state index contributed by atoms with van der Waals surface area (Å²) in [5.41, 5.74) is 6.37. The third-order valence-corrected chi connectivity index (χ3v) is 6.54.